The lowest BCUT2D eigenvalue weighted by atomic mass is 9.84. The summed E-state index contributed by atoms with van der Waals surface area (Å²) in [7, 11) is 0. The molecule has 0 saturated carbocycles. The Morgan fingerprint density at radius 1 is 1.09 bits per heavy atom. The van der Waals surface area contributed by atoms with Crippen LogP contribution in [0.15, 0.2) is 0 Å². The number of aliphatic hydroxyl groups is 3. The van der Waals surface area contributed by atoms with Gasteiger partial charge in [-0.1, -0.05) is 27.7 Å². The molecule has 0 saturated heterocycles. The average molecular weight is 317 g/mol. The van der Waals surface area contributed by atoms with Gasteiger partial charge in [0, 0.05) is 30.9 Å². The first-order valence-corrected chi connectivity index (χ1v) is 7.89. The van der Waals surface area contributed by atoms with Crippen LogP contribution < -0.4 is 5.32 Å². The zero-order chi connectivity index (χ0) is 17.3. The predicted octanol–water partition coefficient (Wildman–Crippen LogP) is 0.281. The number of hydrogen-bond donors (Lipinski definition) is 4. The first kappa shape index (κ1) is 21.2. The van der Waals surface area contributed by atoms with Gasteiger partial charge in [-0.25, -0.2) is 0 Å². The summed E-state index contributed by atoms with van der Waals surface area (Å²) in [6.45, 7) is 7.74. The summed E-state index contributed by atoms with van der Waals surface area (Å²) < 4.78 is 0. The molecule has 0 bridgehead atoms. The minimum Gasteiger partial charge on any atom is -0.396 e. The number of Topliss-reactive ketones (excluding diaryl/α,β-unsaturated/α-hetero) is 2. The normalized spacial score (nSPS) is 14.9. The number of carbonyl (C=O) groups is 2. The molecule has 0 radical (unpaired) electrons. The molecule has 4 N–H and O–H groups in total. The maximum Gasteiger partial charge on any atom is 0.168 e. The van der Waals surface area contributed by atoms with Crippen molar-refractivity contribution in [1.29, 1.82) is 0 Å². The van der Waals surface area contributed by atoms with E-state index >= 15 is 0 Å². The quantitative estimate of drug-likeness (QED) is 0.385. The van der Waals surface area contributed by atoms with Crippen LogP contribution in [0.2, 0.25) is 0 Å². The summed E-state index contributed by atoms with van der Waals surface area (Å²) in [5.74, 6) is -0.626. The molecule has 0 aromatic heterocycles. The van der Waals surface area contributed by atoms with Gasteiger partial charge < -0.3 is 20.6 Å². The standard InChI is InChI=1S/C16H31NO5/c1-11(2)14(21)12(19)6-5-8-17-10-16(3,4)15(22)13(20)7-9-18/h11-13,17-20H,5-10H2,1-4H3/t12-,13?/m0/s1. The first-order chi connectivity index (χ1) is 10.1. The van der Waals surface area contributed by atoms with Crippen LogP contribution in [0.25, 0.3) is 0 Å². The number of rotatable bonds is 12. The molecular weight excluding hydrogens is 286 g/mol. The highest BCUT2D eigenvalue weighted by Crippen LogP contribution is 2.18. The molecule has 0 aliphatic rings. The Morgan fingerprint density at radius 2 is 1.68 bits per heavy atom. The van der Waals surface area contributed by atoms with Crippen LogP contribution in [-0.4, -0.2) is 58.8 Å². The predicted molar refractivity (Wildman–Crippen MR) is 84.5 cm³/mol. The maximum absolute atomic E-state index is 12.0. The zero-order valence-corrected chi connectivity index (χ0v) is 14.1. The smallest absolute Gasteiger partial charge is 0.168 e. The van der Waals surface area contributed by atoms with Crippen LogP contribution in [0.1, 0.15) is 47.0 Å². The van der Waals surface area contributed by atoms with Crippen molar-refractivity contribution < 1.29 is 24.9 Å². The van der Waals surface area contributed by atoms with Crippen molar-refractivity contribution >= 4 is 11.6 Å². The SMILES string of the molecule is CC(C)C(=O)[C@@H](O)CCCNCC(C)(C)C(=O)C(O)CCO. The fourth-order valence-electron chi connectivity index (χ4n) is 2.14. The molecule has 0 aliphatic carbocycles. The highest BCUT2D eigenvalue weighted by atomic mass is 16.3. The number of aliphatic hydroxyl groups excluding tert-OH is 3. The van der Waals surface area contributed by atoms with Crippen molar-refractivity contribution in [3.63, 3.8) is 0 Å². The topological polar surface area (TPSA) is 107 Å². The van der Waals surface area contributed by atoms with Crippen LogP contribution in [-0.2, 0) is 9.59 Å². The lowest BCUT2D eigenvalue weighted by molar-refractivity contribution is -0.136. The van der Waals surface area contributed by atoms with Gasteiger partial charge in [-0.05, 0) is 19.4 Å². The molecule has 0 rings (SSSR count). The van der Waals surface area contributed by atoms with Crippen LogP contribution in [0, 0.1) is 11.3 Å². The molecule has 0 aromatic carbocycles. The van der Waals surface area contributed by atoms with Gasteiger partial charge in [-0.15, -0.1) is 0 Å². The molecule has 0 spiro atoms. The van der Waals surface area contributed by atoms with Crippen molar-refractivity contribution in [2.75, 3.05) is 19.7 Å². The number of hydrogen-bond acceptors (Lipinski definition) is 6. The lowest BCUT2D eigenvalue weighted by Gasteiger charge is -2.26. The van der Waals surface area contributed by atoms with Gasteiger partial charge in [0.25, 0.3) is 0 Å². The minimum absolute atomic E-state index is 0.0474. The van der Waals surface area contributed by atoms with E-state index in [2.05, 4.69) is 5.32 Å². The van der Waals surface area contributed by atoms with Crippen LogP contribution in [0.3, 0.4) is 0 Å². The first-order valence-electron chi connectivity index (χ1n) is 7.89. The van der Waals surface area contributed by atoms with Crippen molar-refractivity contribution in [3.05, 3.63) is 0 Å². The Balaban J connectivity index is 4.04. The van der Waals surface area contributed by atoms with Crippen molar-refractivity contribution in [2.24, 2.45) is 11.3 Å². The van der Waals surface area contributed by atoms with Crippen molar-refractivity contribution in [3.8, 4) is 0 Å². The molecule has 1 unspecified atom stereocenters. The maximum atomic E-state index is 12.0. The fraction of sp³-hybridized carbons (Fsp3) is 0.875. The third kappa shape index (κ3) is 7.45. The summed E-state index contributed by atoms with van der Waals surface area (Å²) in [6.07, 6.45) is -1.00. The molecule has 6 nitrogen and oxygen atoms in total. The van der Waals surface area contributed by atoms with E-state index in [1.165, 1.54) is 0 Å². The summed E-state index contributed by atoms with van der Waals surface area (Å²) in [5.41, 5.74) is -0.735. The fourth-order valence-corrected chi connectivity index (χ4v) is 2.14. The molecule has 2 atom stereocenters. The second-order valence-electron chi connectivity index (χ2n) is 6.67. The van der Waals surface area contributed by atoms with E-state index in [4.69, 9.17) is 5.11 Å². The Morgan fingerprint density at radius 3 is 2.18 bits per heavy atom. The lowest BCUT2D eigenvalue weighted by Crippen LogP contribution is -2.42. The van der Waals surface area contributed by atoms with Gasteiger partial charge in [-0.3, -0.25) is 9.59 Å². The van der Waals surface area contributed by atoms with Gasteiger partial charge in [0.1, 0.15) is 12.2 Å². The Hall–Kier alpha value is -0.820. The average Bonchev–Trinajstić information content (AvgIpc) is 2.44. The summed E-state index contributed by atoms with van der Waals surface area (Å²) in [5, 5.41) is 31.2. The molecular formula is C16H31NO5. The van der Waals surface area contributed by atoms with Crippen LogP contribution in [0.5, 0.6) is 0 Å². The van der Waals surface area contributed by atoms with E-state index in [0.717, 1.165) is 0 Å². The second-order valence-corrected chi connectivity index (χ2v) is 6.67. The van der Waals surface area contributed by atoms with Crippen molar-refractivity contribution in [2.45, 2.75) is 59.2 Å². The number of ketones is 2. The number of carbonyl (C=O) groups excluding carboxylic acids is 2. The van der Waals surface area contributed by atoms with E-state index in [1.54, 1.807) is 27.7 Å². The van der Waals surface area contributed by atoms with E-state index in [0.29, 0.717) is 25.9 Å². The van der Waals surface area contributed by atoms with Crippen LogP contribution >= 0.6 is 0 Å². The Kier molecular flexibility index (Phi) is 9.67. The molecule has 0 aromatic rings. The molecule has 0 aliphatic heterocycles. The molecule has 22 heavy (non-hydrogen) atoms. The Labute approximate surface area is 132 Å². The van der Waals surface area contributed by atoms with Crippen LogP contribution in [0.4, 0.5) is 0 Å². The number of nitrogens with one attached hydrogen (secondary N) is 1. The third-order valence-electron chi connectivity index (χ3n) is 3.67. The summed E-state index contributed by atoms with van der Waals surface area (Å²) in [4.78, 5) is 23.5. The second kappa shape index (κ2) is 10.0. The monoisotopic (exact) mass is 317 g/mol. The van der Waals surface area contributed by atoms with E-state index in [-0.39, 0.29) is 30.5 Å². The molecule has 130 valence electrons. The highest BCUT2D eigenvalue weighted by molar-refractivity contribution is 5.88. The van der Waals surface area contributed by atoms with Gasteiger partial charge in [0.05, 0.1) is 0 Å². The molecule has 6 heteroatoms. The van der Waals surface area contributed by atoms with Gasteiger partial charge >= 0.3 is 0 Å². The van der Waals surface area contributed by atoms with Gasteiger partial charge in [-0.2, -0.15) is 0 Å². The third-order valence-corrected chi connectivity index (χ3v) is 3.67. The Bertz CT molecular complexity index is 354. The van der Waals surface area contributed by atoms with Gasteiger partial charge in [0.15, 0.2) is 11.6 Å². The van der Waals surface area contributed by atoms with E-state index in [9.17, 15) is 19.8 Å². The molecule has 0 fully saturated rings. The highest BCUT2D eigenvalue weighted by Gasteiger charge is 2.32. The largest absolute Gasteiger partial charge is 0.396 e. The van der Waals surface area contributed by atoms with Crippen molar-refractivity contribution in [1.82, 2.24) is 5.32 Å². The molecule has 0 heterocycles. The summed E-state index contributed by atoms with van der Waals surface area (Å²) in [6, 6.07) is 0. The minimum atomic E-state index is -1.15. The zero-order valence-electron chi connectivity index (χ0n) is 14.1. The van der Waals surface area contributed by atoms with E-state index < -0.39 is 17.6 Å². The molecule has 0 amide bonds. The summed E-state index contributed by atoms with van der Waals surface area (Å²) >= 11 is 0. The van der Waals surface area contributed by atoms with E-state index in [1.807, 2.05) is 0 Å². The van der Waals surface area contributed by atoms with Gasteiger partial charge in [0.2, 0.25) is 0 Å².